The smallest absolute Gasteiger partial charge is 0.238 e. The molecule has 1 atom stereocenters. The Morgan fingerprint density at radius 2 is 1.82 bits per heavy atom. The van der Waals surface area contributed by atoms with Crippen molar-refractivity contribution < 1.29 is 17.7 Å². The Bertz CT molecular complexity index is 593. The van der Waals surface area contributed by atoms with Gasteiger partial charge in [-0.1, -0.05) is 32.9 Å². The van der Waals surface area contributed by atoms with Crippen molar-refractivity contribution in [2.24, 2.45) is 11.8 Å². The molecule has 1 rings (SSSR count). The molecule has 0 bridgehead atoms. The third-order valence-corrected chi connectivity index (χ3v) is 4.97. The Hall–Kier alpha value is -1.44. The number of amides is 1. The maximum atomic E-state index is 12.2. The summed E-state index contributed by atoms with van der Waals surface area (Å²) in [5.74, 6) is 0.210. The van der Waals surface area contributed by atoms with Crippen LogP contribution in [0.25, 0.3) is 0 Å². The van der Waals surface area contributed by atoms with Gasteiger partial charge in [0.05, 0.1) is 0 Å². The zero-order valence-electron chi connectivity index (χ0n) is 13.8. The summed E-state index contributed by atoms with van der Waals surface area (Å²) < 4.78 is 29.5. The van der Waals surface area contributed by atoms with Gasteiger partial charge in [0.25, 0.3) is 0 Å². The molecule has 1 aromatic rings. The maximum Gasteiger partial charge on any atom is 0.238 e. The molecule has 1 unspecified atom stereocenters. The van der Waals surface area contributed by atoms with E-state index in [1.165, 1.54) is 6.92 Å². The average Bonchev–Trinajstić information content (AvgIpc) is 2.80. The van der Waals surface area contributed by atoms with Crippen LogP contribution in [0.15, 0.2) is 4.52 Å². The molecule has 8 heteroatoms. The fourth-order valence-electron chi connectivity index (χ4n) is 1.70. The lowest BCUT2D eigenvalue weighted by molar-refractivity contribution is -0.120. The van der Waals surface area contributed by atoms with Gasteiger partial charge in [-0.15, -0.1) is 0 Å². The topological polar surface area (TPSA) is 102 Å². The van der Waals surface area contributed by atoms with Crippen LogP contribution in [0.1, 0.15) is 46.3 Å². The number of sulfone groups is 1. The van der Waals surface area contributed by atoms with E-state index in [0.717, 1.165) is 0 Å². The second-order valence-electron chi connectivity index (χ2n) is 6.29. The summed E-state index contributed by atoms with van der Waals surface area (Å²) in [6.07, 6.45) is 0.595. The van der Waals surface area contributed by atoms with Crippen LogP contribution in [0, 0.1) is 11.8 Å². The molecule has 0 saturated carbocycles. The molecular formula is C14H25N3O4S. The van der Waals surface area contributed by atoms with Gasteiger partial charge in [-0.05, 0) is 18.8 Å². The van der Waals surface area contributed by atoms with Gasteiger partial charge in [0.2, 0.25) is 11.8 Å². The Kier molecular flexibility index (Phi) is 6.52. The summed E-state index contributed by atoms with van der Waals surface area (Å²) >= 11 is 0. The van der Waals surface area contributed by atoms with Gasteiger partial charge in [0.15, 0.2) is 15.7 Å². The van der Waals surface area contributed by atoms with Crippen LogP contribution in [-0.2, 0) is 26.8 Å². The van der Waals surface area contributed by atoms with E-state index in [9.17, 15) is 13.2 Å². The van der Waals surface area contributed by atoms with Crippen molar-refractivity contribution in [3.05, 3.63) is 11.7 Å². The van der Waals surface area contributed by atoms with Crippen molar-refractivity contribution in [3.63, 3.8) is 0 Å². The van der Waals surface area contributed by atoms with Gasteiger partial charge in [-0.2, -0.15) is 4.98 Å². The molecule has 0 spiro atoms. The van der Waals surface area contributed by atoms with E-state index in [0.29, 0.717) is 24.8 Å². The molecule has 0 radical (unpaired) electrons. The highest BCUT2D eigenvalue weighted by molar-refractivity contribution is 7.92. The number of hydrogen-bond acceptors (Lipinski definition) is 6. The van der Waals surface area contributed by atoms with Crippen molar-refractivity contribution in [3.8, 4) is 0 Å². The second kappa shape index (κ2) is 7.71. The molecule has 0 aliphatic carbocycles. The lowest BCUT2D eigenvalue weighted by Gasteiger charge is -2.13. The molecule has 22 heavy (non-hydrogen) atoms. The number of hydrogen-bond donors (Lipinski definition) is 1. The van der Waals surface area contributed by atoms with Crippen LogP contribution in [0.5, 0.6) is 0 Å². The van der Waals surface area contributed by atoms with Crippen LogP contribution in [0.3, 0.4) is 0 Å². The molecule has 1 aromatic heterocycles. The van der Waals surface area contributed by atoms with E-state index in [1.54, 1.807) is 0 Å². The Balaban J connectivity index is 2.69. The number of carbonyl (C=O) groups is 1. The van der Waals surface area contributed by atoms with Gasteiger partial charge in [-0.25, -0.2) is 8.42 Å². The molecule has 0 aromatic carbocycles. The zero-order valence-corrected chi connectivity index (χ0v) is 14.6. The van der Waals surface area contributed by atoms with Crippen molar-refractivity contribution in [2.45, 2.75) is 52.0 Å². The Morgan fingerprint density at radius 3 is 2.36 bits per heavy atom. The van der Waals surface area contributed by atoms with Crippen LogP contribution in [0.2, 0.25) is 0 Å². The first kappa shape index (κ1) is 18.6. The minimum atomic E-state index is -3.67. The highest BCUT2D eigenvalue weighted by Gasteiger charge is 2.29. The van der Waals surface area contributed by atoms with Gasteiger partial charge < -0.3 is 9.84 Å². The van der Waals surface area contributed by atoms with Crippen molar-refractivity contribution in [2.75, 3.05) is 6.54 Å². The lowest BCUT2D eigenvalue weighted by atomic mass is 10.1. The molecule has 7 nitrogen and oxygen atoms in total. The van der Waals surface area contributed by atoms with Crippen molar-refractivity contribution in [1.29, 1.82) is 0 Å². The number of carbonyl (C=O) groups excluding carboxylic acids is 1. The molecule has 1 N–H and O–H groups in total. The summed E-state index contributed by atoms with van der Waals surface area (Å²) in [5, 5.41) is 5.16. The van der Waals surface area contributed by atoms with Gasteiger partial charge in [-0.3, -0.25) is 4.79 Å². The Morgan fingerprint density at radius 1 is 1.18 bits per heavy atom. The fourth-order valence-corrected chi connectivity index (χ4v) is 2.83. The van der Waals surface area contributed by atoms with Gasteiger partial charge in [0, 0.05) is 13.0 Å². The quantitative estimate of drug-likeness (QED) is 0.771. The highest BCUT2D eigenvalue weighted by atomic mass is 32.2. The van der Waals surface area contributed by atoms with Gasteiger partial charge in [0.1, 0.15) is 11.0 Å². The molecule has 0 saturated heterocycles. The zero-order chi connectivity index (χ0) is 16.9. The Labute approximate surface area is 131 Å². The minimum absolute atomic E-state index is 0.0964. The standard InChI is InChI=1S/C14H25N3O4S/c1-9(2)6-13-16-12(17-21-13)8-22(19,20)11(5)14(18)15-7-10(3)4/h9-11H,6-8H2,1-5H3,(H,15,18). The highest BCUT2D eigenvalue weighted by Crippen LogP contribution is 2.11. The summed E-state index contributed by atoms with van der Waals surface area (Å²) in [4.78, 5) is 15.9. The van der Waals surface area contributed by atoms with E-state index in [-0.39, 0.29) is 11.7 Å². The summed E-state index contributed by atoms with van der Waals surface area (Å²) in [5.41, 5.74) is 0. The van der Waals surface area contributed by atoms with Crippen molar-refractivity contribution >= 4 is 15.7 Å². The van der Waals surface area contributed by atoms with Crippen LogP contribution < -0.4 is 5.32 Å². The maximum absolute atomic E-state index is 12.2. The first-order valence-corrected chi connectivity index (χ1v) is 9.14. The fraction of sp³-hybridized carbons (Fsp3) is 0.786. The molecular weight excluding hydrogens is 306 g/mol. The molecule has 126 valence electrons. The third kappa shape index (κ3) is 5.75. The summed E-state index contributed by atoms with van der Waals surface area (Å²) in [7, 11) is -3.67. The van der Waals surface area contributed by atoms with Gasteiger partial charge >= 0.3 is 0 Å². The first-order valence-electron chi connectivity index (χ1n) is 7.42. The van der Waals surface area contributed by atoms with Crippen molar-refractivity contribution in [1.82, 2.24) is 15.5 Å². The van der Waals surface area contributed by atoms with E-state index >= 15 is 0 Å². The predicted molar refractivity (Wildman–Crippen MR) is 82.8 cm³/mol. The monoisotopic (exact) mass is 331 g/mol. The largest absolute Gasteiger partial charge is 0.355 e. The minimum Gasteiger partial charge on any atom is -0.355 e. The predicted octanol–water partition coefficient (Wildman–Crippen LogP) is 1.34. The van der Waals surface area contributed by atoms with E-state index in [4.69, 9.17) is 4.52 Å². The first-order chi connectivity index (χ1) is 10.1. The molecule has 0 aliphatic rings. The van der Waals surface area contributed by atoms with Crippen LogP contribution in [-0.4, -0.2) is 36.3 Å². The number of nitrogens with one attached hydrogen (secondary N) is 1. The normalized spacial score (nSPS) is 13.6. The molecule has 0 fully saturated rings. The van der Waals surface area contributed by atoms with E-state index in [2.05, 4.69) is 15.5 Å². The molecule has 1 amide bonds. The van der Waals surface area contributed by atoms with Crippen LogP contribution >= 0.6 is 0 Å². The number of aromatic nitrogens is 2. The molecule has 1 heterocycles. The molecule has 0 aliphatic heterocycles. The second-order valence-corrected chi connectivity index (χ2v) is 8.61. The summed E-state index contributed by atoms with van der Waals surface area (Å²) in [6, 6.07) is 0. The van der Waals surface area contributed by atoms with E-state index in [1.807, 2.05) is 27.7 Å². The third-order valence-electron chi connectivity index (χ3n) is 3.02. The number of rotatable bonds is 8. The summed E-state index contributed by atoms with van der Waals surface area (Å²) in [6.45, 7) is 9.70. The lowest BCUT2D eigenvalue weighted by Crippen LogP contribution is -2.40. The average molecular weight is 331 g/mol. The SMILES string of the molecule is CC(C)CNC(=O)C(C)S(=O)(=O)Cc1noc(CC(C)C)n1. The van der Waals surface area contributed by atoms with Crippen LogP contribution in [0.4, 0.5) is 0 Å². The van der Waals surface area contributed by atoms with E-state index < -0.39 is 26.7 Å². The number of nitrogens with zero attached hydrogens (tertiary/aromatic N) is 2.